The van der Waals surface area contributed by atoms with Crippen molar-refractivity contribution in [1.82, 2.24) is 10.2 Å². The molecule has 0 saturated heterocycles. The first-order valence-corrected chi connectivity index (χ1v) is 6.48. The van der Waals surface area contributed by atoms with Gasteiger partial charge in [-0.15, -0.1) is 10.2 Å². The molecule has 0 amide bonds. The number of aliphatic hydroxyl groups is 1. The second-order valence-corrected chi connectivity index (χ2v) is 4.77. The molecule has 1 aromatic rings. The third-order valence-corrected chi connectivity index (χ3v) is 3.53. The summed E-state index contributed by atoms with van der Waals surface area (Å²) in [5, 5.41) is 18.5. The Hall–Kier alpha value is -1.02. The minimum atomic E-state index is -4.48. The van der Waals surface area contributed by atoms with Gasteiger partial charge in [-0.3, -0.25) is 0 Å². The van der Waals surface area contributed by atoms with Gasteiger partial charge < -0.3 is 10.4 Å². The van der Waals surface area contributed by atoms with Crippen molar-refractivity contribution in [3.63, 3.8) is 0 Å². The number of nitrogens with one attached hydrogen (secondary N) is 1. The van der Waals surface area contributed by atoms with Crippen LogP contribution in [0.1, 0.15) is 12.6 Å². The molecule has 0 bridgehead atoms. The molecular weight excluding hydrogens is 267 g/mol. The highest BCUT2D eigenvalue weighted by Crippen LogP contribution is 2.27. The lowest BCUT2D eigenvalue weighted by atomic mass is 10.2. The predicted molar refractivity (Wildman–Crippen MR) is 64.5 cm³/mol. The molecule has 0 aromatic carbocycles. The van der Waals surface area contributed by atoms with E-state index in [1.54, 1.807) is 0 Å². The van der Waals surface area contributed by atoms with E-state index >= 15 is 0 Å². The van der Waals surface area contributed by atoms with E-state index in [-0.39, 0.29) is 23.7 Å². The lowest BCUT2D eigenvalue weighted by Crippen LogP contribution is -2.31. The van der Waals surface area contributed by atoms with Crippen LogP contribution in [0.25, 0.3) is 0 Å². The number of alkyl halides is 3. The molecule has 0 radical (unpaired) electrons. The number of hydrogen-bond donors (Lipinski definition) is 2. The van der Waals surface area contributed by atoms with Crippen molar-refractivity contribution >= 4 is 17.6 Å². The maximum atomic E-state index is 12.3. The first-order chi connectivity index (χ1) is 8.38. The van der Waals surface area contributed by atoms with E-state index in [9.17, 15) is 13.2 Å². The Bertz CT molecular complexity index is 368. The number of hydrogen-bond acceptors (Lipinski definition) is 5. The average molecular weight is 281 g/mol. The highest BCUT2D eigenvalue weighted by molar-refractivity contribution is 7.99. The molecule has 8 heteroatoms. The topological polar surface area (TPSA) is 58.0 Å². The summed E-state index contributed by atoms with van der Waals surface area (Å²) in [6.07, 6.45) is -2.64. The fourth-order valence-electron chi connectivity index (χ4n) is 1.32. The van der Waals surface area contributed by atoms with Crippen LogP contribution in [0.5, 0.6) is 0 Å². The third kappa shape index (κ3) is 4.02. The third-order valence-electron chi connectivity index (χ3n) is 2.37. The van der Waals surface area contributed by atoms with E-state index in [0.29, 0.717) is 0 Å². The molecular formula is C10H14F3N3OS. The van der Waals surface area contributed by atoms with Gasteiger partial charge in [-0.2, -0.15) is 24.9 Å². The zero-order valence-corrected chi connectivity index (χ0v) is 10.7. The normalized spacial score (nSPS) is 15.2. The van der Waals surface area contributed by atoms with E-state index in [4.69, 9.17) is 5.11 Å². The fourth-order valence-corrected chi connectivity index (χ4v) is 1.95. The summed E-state index contributed by atoms with van der Waals surface area (Å²) >= 11 is 1.46. The predicted octanol–water partition coefficient (Wildman–Crippen LogP) is 2.02. The summed E-state index contributed by atoms with van der Waals surface area (Å²) in [4.78, 5) is 0. The summed E-state index contributed by atoms with van der Waals surface area (Å²) in [6, 6.07) is 1.96. The molecule has 2 N–H and O–H groups in total. The lowest BCUT2D eigenvalue weighted by Gasteiger charge is -2.21. The van der Waals surface area contributed by atoms with Crippen molar-refractivity contribution in [3.05, 3.63) is 17.8 Å². The minimum absolute atomic E-state index is 0.0244. The molecule has 1 heterocycles. The first kappa shape index (κ1) is 15.0. The Labute approximate surface area is 107 Å². The van der Waals surface area contributed by atoms with E-state index in [1.165, 1.54) is 17.8 Å². The second-order valence-electron chi connectivity index (χ2n) is 3.69. The number of aromatic nitrogens is 2. The van der Waals surface area contributed by atoms with Crippen molar-refractivity contribution in [2.24, 2.45) is 0 Å². The highest BCUT2D eigenvalue weighted by atomic mass is 32.2. The molecule has 0 spiro atoms. The molecule has 1 rings (SSSR count). The van der Waals surface area contributed by atoms with Crippen LogP contribution in [0.4, 0.5) is 19.0 Å². The number of halogens is 3. The Morgan fingerprint density at radius 1 is 1.39 bits per heavy atom. The first-order valence-electron chi connectivity index (χ1n) is 5.19. The smallest absolute Gasteiger partial charge is 0.395 e. The van der Waals surface area contributed by atoms with Crippen LogP contribution in [0.3, 0.4) is 0 Å². The van der Waals surface area contributed by atoms with Crippen molar-refractivity contribution in [2.75, 3.05) is 18.2 Å². The fraction of sp³-hybridized carbons (Fsp3) is 0.600. The zero-order valence-electron chi connectivity index (χ0n) is 9.90. The number of anilines is 1. The Kier molecular flexibility index (Phi) is 5.21. The van der Waals surface area contributed by atoms with Gasteiger partial charge in [0.25, 0.3) is 0 Å². The maximum absolute atomic E-state index is 12.3. The Balaban J connectivity index is 2.69. The van der Waals surface area contributed by atoms with Crippen molar-refractivity contribution in [1.29, 1.82) is 0 Å². The van der Waals surface area contributed by atoms with Crippen LogP contribution in [-0.4, -0.2) is 39.5 Å². The molecule has 2 atom stereocenters. The minimum Gasteiger partial charge on any atom is -0.395 e. The van der Waals surface area contributed by atoms with Gasteiger partial charge in [0.05, 0.1) is 6.61 Å². The molecule has 18 heavy (non-hydrogen) atoms. The molecule has 2 unspecified atom stereocenters. The van der Waals surface area contributed by atoms with E-state index in [1.807, 2.05) is 13.2 Å². The van der Waals surface area contributed by atoms with Gasteiger partial charge >= 0.3 is 6.18 Å². The van der Waals surface area contributed by atoms with Crippen molar-refractivity contribution in [2.45, 2.75) is 24.4 Å². The standard InChI is InChI=1S/C10H14F3N3OS/c1-6(7(5-17)18-2)14-9-4-3-8(15-16-9)10(11,12)13/h3-4,6-7,17H,5H2,1-2H3,(H,14,16). The molecule has 102 valence electrons. The SMILES string of the molecule is CSC(CO)C(C)Nc1ccc(C(F)(F)F)nn1. The van der Waals surface area contributed by atoms with Crippen LogP contribution in [-0.2, 0) is 6.18 Å². The number of rotatable bonds is 5. The van der Waals surface area contributed by atoms with Gasteiger partial charge in [-0.25, -0.2) is 0 Å². The number of nitrogens with zero attached hydrogens (tertiary/aromatic N) is 2. The summed E-state index contributed by atoms with van der Waals surface area (Å²) in [5.41, 5.74) is -1.02. The van der Waals surface area contributed by atoms with Crippen molar-refractivity contribution < 1.29 is 18.3 Å². The molecule has 4 nitrogen and oxygen atoms in total. The summed E-state index contributed by atoms with van der Waals surface area (Å²) in [5.74, 6) is 0.253. The van der Waals surface area contributed by atoms with Crippen LogP contribution >= 0.6 is 11.8 Å². The van der Waals surface area contributed by atoms with E-state index < -0.39 is 11.9 Å². The van der Waals surface area contributed by atoms with Gasteiger partial charge in [0.2, 0.25) is 0 Å². The molecule has 0 aliphatic heterocycles. The summed E-state index contributed by atoms with van der Waals surface area (Å²) in [6.45, 7) is 1.79. The summed E-state index contributed by atoms with van der Waals surface area (Å²) < 4.78 is 36.8. The molecule has 0 saturated carbocycles. The second kappa shape index (κ2) is 6.24. The largest absolute Gasteiger partial charge is 0.435 e. The van der Waals surface area contributed by atoms with Gasteiger partial charge in [-0.1, -0.05) is 0 Å². The van der Waals surface area contributed by atoms with Crippen LogP contribution in [0.15, 0.2) is 12.1 Å². The molecule has 0 fully saturated rings. The molecule has 0 aliphatic rings. The van der Waals surface area contributed by atoms with E-state index in [2.05, 4.69) is 15.5 Å². The van der Waals surface area contributed by atoms with Gasteiger partial charge in [-0.05, 0) is 25.3 Å². The van der Waals surface area contributed by atoms with Gasteiger partial charge in [0, 0.05) is 11.3 Å². The van der Waals surface area contributed by atoms with Crippen LogP contribution in [0, 0.1) is 0 Å². The quantitative estimate of drug-likeness (QED) is 0.864. The van der Waals surface area contributed by atoms with Crippen molar-refractivity contribution in [3.8, 4) is 0 Å². The summed E-state index contributed by atoms with van der Waals surface area (Å²) in [7, 11) is 0. The van der Waals surface area contributed by atoms with Crippen LogP contribution < -0.4 is 5.32 Å². The van der Waals surface area contributed by atoms with Gasteiger partial charge in [0.15, 0.2) is 5.69 Å². The molecule has 0 aliphatic carbocycles. The van der Waals surface area contributed by atoms with E-state index in [0.717, 1.165) is 6.07 Å². The zero-order chi connectivity index (χ0) is 13.8. The monoisotopic (exact) mass is 281 g/mol. The highest BCUT2D eigenvalue weighted by Gasteiger charge is 2.32. The van der Waals surface area contributed by atoms with Crippen LogP contribution in [0.2, 0.25) is 0 Å². The average Bonchev–Trinajstić information content (AvgIpc) is 2.30. The number of thioether (sulfide) groups is 1. The molecule has 1 aromatic heterocycles. The Morgan fingerprint density at radius 3 is 2.44 bits per heavy atom. The number of aliphatic hydroxyl groups excluding tert-OH is 1. The lowest BCUT2D eigenvalue weighted by molar-refractivity contribution is -0.141. The van der Waals surface area contributed by atoms with Gasteiger partial charge in [0.1, 0.15) is 5.82 Å². The Morgan fingerprint density at radius 2 is 2.06 bits per heavy atom. The maximum Gasteiger partial charge on any atom is 0.435 e.